The predicted molar refractivity (Wildman–Crippen MR) is 74.8 cm³/mol. The third kappa shape index (κ3) is 3.24. The molecule has 1 aromatic rings. The molecule has 1 saturated heterocycles. The smallest absolute Gasteiger partial charge is 0.119 e. The highest BCUT2D eigenvalue weighted by molar-refractivity contribution is 5.30. The number of nitrogens with zero attached hydrogens (tertiary/aromatic N) is 1. The molecule has 1 aliphatic heterocycles. The van der Waals surface area contributed by atoms with Crippen molar-refractivity contribution >= 4 is 0 Å². The summed E-state index contributed by atoms with van der Waals surface area (Å²) in [5.74, 6) is 0.949. The van der Waals surface area contributed by atoms with E-state index in [2.05, 4.69) is 23.1 Å². The van der Waals surface area contributed by atoms with Gasteiger partial charge in [0.1, 0.15) is 5.75 Å². The molecule has 1 unspecified atom stereocenters. The SMILES string of the molecule is COc1cccc(C(CCCN)N2CCCC2)c1. The number of ether oxygens (including phenoxy) is 1. The molecule has 0 amide bonds. The second kappa shape index (κ2) is 6.76. The van der Waals surface area contributed by atoms with Gasteiger partial charge in [-0.3, -0.25) is 4.90 Å². The van der Waals surface area contributed by atoms with Crippen LogP contribution < -0.4 is 10.5 Å². The number of likely N-dealkylation sites (tertiary alicyclic amines) is 1. The van der Waals surface area contributed by atoms with Crippen LogP contribution in [-0.4, -0.2) is 31.6 Å². The highest BCUT2D eigenvalue weighted by atomic mass is 16.5. The van der Waals surface area contributed by atoms with Gasteiger partial charge in [-0.1, -0.05) is 12.1 Å². The van der Waals surface area contributed by atoms with E-state index in [9.17, 15) is 0 Å². The number of rotatable bonds is 6. The number of hydrogen-bond donors (Lipinski definition) is 1. The molecule has 1 aliphatic rings. The molecule has 0 saturated carbocycles. The summed E-state index contributed by atoms with van der Waals surface area (Å²) in [6, 6.07) is 8.97. The Hall–Kier alpha value is -1.06. The molecule has 0 aliphatic carbocycles. The van der Waals surface area contributed by atoms with Crippen LogP contribution in [-0.2, 0) is 0 Å². The Morgan fingerprint density at radius 3 is 2.78 bits per heavy atom. The summed E-state index contributed by atoms with van der Waals surface area (Å²) in [4.78, 5) is 2.59. The van der Waals surface area contributed by atoms with Crippen molar-refractivity contribution in [3.8, 4) is 5.75 Å². The first-order valence-electron chi connectivity index (χ1n) is 6.93. The zero-order chi connectivity index (χ0) is 12.8. The van der Waals surface area contributed by atoms with Crippen molar-refractivity contribution in [1.82, 2.24) is 4.90 Å². The number of methoxy groups -OCH3 is 1. The minimum atomic E-state index is 0.506. The van der Waals surface area contributed by atoms with E-state index < -0.39 is 0 Å². The van der Waals surface area contributed by atoms with Gasteiger partial charge in [0.05, 0.1) is 7.11 Å². The molecule has 0 aromatic heterocycles. The molecule has 0 radical (unpaired) electrons. The lowest BCUT2D eigenvalue weighted by Crippen LogP contribution is -2.26. The normalized spacial score (nSPS) is 17.9. The summed E-state index contributed by atoms with van der Waals surface area (Å²) in [6.45, 7) is 3.20. The molecule has 1 heterocycles. The van der Waals surface area contributed by atoms with Crippen LogP contribution in [0.1, 0.15) is 37.3 Å². The van der Waals surface area contributed by atoms with Crippen LogP contribution in [0.5, 0.6) is 5.75 Å². The van der Waals surface area contributed by atoms with Gasteiger partial charge in [0.15, 0.2) is 0 Å². The van der Waals surface area contributed by atoms with Gasteiger partial charge in [0.25, 0.3) is 0 Å². The van der Waals surface area contributed by atoms with Crippen molar-refractivity contribution in [2.75, 3.05) is 26.7 Å². The summed E-state index contributed by atoms with van der Waals surface area (Å²) in [6.07, 6.45) is 4.87. The lowest BCUT2D eigenvalue weighted by molar-refractivity contribution is 0.230. The fourth-order valence-electron chi connectivity index (χ4n) is 2.77. The summed E-state index contributed by atoms with van der Waals surface area (Å²) in [7, 11) is 1.73. The van der Waals surface area contributed by atoms with E-state index in [-0.39, 0.29) is 0 Å². The molecule has 0 spiro atoms. The van der Waals surface area contributed by atoms with Crippen LogP contribution in [0.15, 0.2) is 24.3 Å². The Kier molecular flexibility index (Phi) is 5.02. The highest BCUT2D eigenvalue weighted by Gasteiger charge is 2.23. The summed E-state index contributed by atoms with van der Waals surface area (Å²) in [5.41, 5.74) is 7.03. The van der Waals surface area contributed by atoms with Crippen LogP contribution in [0.25, 0.3) is 0 Å². The van der Waals surface area contributed by atoms with Gasteiger partial charge >= 0.3 is 0 Å². The maximum absolute atomic E-state index is 5.67. The van der Waals surface area contributed by atoms with Gasteiger partial charge in [-0.2, -0.15) is 0 Å². The molecule has 18 heavy (non-hydrogen) atoms. The maximum atomic E-state index is 5.67. The van der Waals surface area contributed by atoms with Crippen LogP contribution >= 0.6 is 0 Å². The Bertz CT molecular complexity index is 361. The molecule has 2 rings (SSSR count). The second-order valence-corrected chi connectivity index (χ2v) is 4.97. The van der Waals surface area contributed by atoms with Crippen molar-refractivity contribution in [3.63, 3.8) is 0 Å². The average Bonchev–Trinajstić information content (AvgIpc) is 2.93. The van der Waals surface area contributed by atoms with Crippen molar-refractivity contribution in [2.45, 2.75) is 31.7 Å². The Morgan fingerprint density at radius 1 is 1.33 bits per heavy atom. The minimum Gasteiger partial charge on any atom is -0.497 e. The molecule has 100 valence electrons. The first-order valence-corrected chi connectivity index (χ1v) is 6.93. The van der Waals surface area contributed by atoms with E-state index in [1.165, 1.54) is 31.5 Å². The van der Waals surface area contributed by atoms with Gasteiger partial charge in [-0.25, -0.2) is 0 Å². The van der Waals surface area contributed by atoms with Gasteiger partial charge in [-0.15, -0.1) is 0 Å². The summed E-state index contributed by atoms with van der Waals surface area (Å²) < 4.78 is 5.33. The number of benzene rings is 1. The minimum absolute atomic E-state index is 0.506. The highest BCUT2D eigenvalue weighted by Crippen LogP contribution is 2.30. The fraction of sp³-hybridized carbons (Fsp3) is 0.600. The van der Waals surface area contributed by atoms with Gasteiger partial charge in [0.2, 0.25) is 0 Å². The number of nitrogens with two attached hydrogens (primary N) is 1. The van der Waals surface area contributed by atoms with Gasteiger partial charge in [-0.05, 0) is 63.0 Å². The van der Waals surface area contributed by atoms with Crippen molar-refractivity contribution in [3.05, 3.63) is 29.8 Å². The van der Waals surface area contributed by atoms with Crippen LogP contribution in [0.4, 0.5) is 0 Å². The Morgan fingerprint density at radius 2 is 2.11 bits per heavy atom. The first kappa shape index (κ1) is 13.4. The molecule has 2 N–H and O–H groups in total. The molecule has 1 fully saturated rings. The van der Waals surface area contributed by atoms with Gasteiger partial charge in [0, 0.05) is 6.04 Å². The molecule has 3 nitrogen and oxygen atoms in total. The summed E-state index contributed by atoms with van der Waals surface area (Å²) >= 11 is 0. The lowest BCUT2D eigenvalue weighted by Gasteiger charge is -2.28. The first-order chi connectivity index (χ1) is 8.85. The Labute approximate surface area is 110 Å². The fourth-order valence-corrected chi connectivity index (χ4v) is 2.77. The topological polar surface area (TPSA) is 38.5 Å². The maximum Gasteiger partial charge on any atom is 0.119 e. The van der Waals surface area contributed by atoms with Crippen LogP contribution in [0.2, 0.25) is 0 Å². The van der Waals surface area contributed by atoms with E-state index >= 15 is 0 Å². The molecular weight excluding hydrogens is 224 g/mol. The van der Waals surface area contributed by atoms with Crippen molar-refractivity contribution < 1.29 is 4.74 Å². The third-order valence-corrected chi connectivity index (χ3v) is 3.74. The van der Waals surface area contributed by atoms with E-state index in [4.69, 9.17) is 10.5 Å². The monoisotopic (exact) mass is 248 g/mol. The standard InChI is InChI=1S/C15H24N2O/c1-18-14-7-4-6-13(12-14)15(8-5-9-16)17-10-2-3-11-17/h4,6-7,12,15H,2-3,5,8-11,16H2,1H3. The van der Waals surface area contributed by atoms with E-state index in [1.54, 1.807) is 7.11 Å². The zero-order valence-corrected chi connectivity index (χ0v) is 11.3. The average molecular weight is 248 g/mol. The van der Waals surface area contributed by atoms with Gasteiger partial charge < -0.3 is 10.5 Å². The van der Waals surface area contributed by atoms with Crippen molar-refractivity contribution in [1.29, 1.82) is 0 Å². The molecular formula is C15H24N2O. The van der Waals surface area contributed by atoms with Crippen LogP contribution in [0.3, 0.4) is 0 Å². The Balaban J connectivity index is 2.14. The summed E-state index contributed by atoms with van der Waals surface area (Å²) in [5, 5.41) is 0. The molecule has 3 heteroatoms. The van der Waals surface area contributed by atoms with Crippen LogP contribution in [0, 0.1) is 0 Å². The molecule has 0 bridgehead atoms. The quantitative estimate of drug-likeness (QED) is 0.841. The molecule has 1 aromatic carbocycles. The molecule has 1 atom stereocenters. The second-order valence-electron chi connectivity index (χ2n) is 4.97. The third-order valence-electron chi connectivity index (χ3n) is 3.74. The van der Waals surface area contributed by atoms with Crippen molar-refractivity contribution in [2.24, 2.45) is 5.73 Å². The van der Waals surface area contributed by atoms with E-state index in [0.717, 1.165) is 25.1 Å². The number of hydrogen-bond acceptors (Lipinski definition) is 3. The predicted octanol–water partition coefficient (Wildman–Crippen LogP) is 2.57. The zero-order valence-electron chi connectivity index (χ0n) is 11.3. The largest absolute Gasteiger partial charge is 0.497 e. The lowest BCUT2D eigenvalue weighted by atomic mass is 10.0. The van der Waals surface area contributed by atoms with E-state index in [1.807, 2.05) is 6.07 Å². The van der Waals surface area contributed by atoms with E-state index in [0.29, 0.717) is 6.04 Å².